The summed E-state index contributed by atoms with van der Waals surface area (Å²) >= 11 is 0. The molecule has 2 aromatic rings. The molecule has 6 nitrogen and oxygen atoms in total. The van der Waals surface area contributed by atoms with Crippen molar-refractivity contribution in [2.75, 3.05) is 6.61 Å². The lowest BCUT2D eigenvalue weighted by Crippen LogP contribution is -2.11. The third-order valence-electron chi connectivity index (χ3n) is 2.51. The van der Waals surface area contributed by atoms with Crippen LogP contribution in [0.5, 0.6) is 0 Å². The predicted octanol–water partition coefficient (Wildman–Crippen LogP) is 1.89. The van der Waals surface area contributed by atoms with Gasteiger partial charge in [0.2, 0.25) is 0 Å². The summed E-state index contributed by atoms with van der Waals surface area (Å²) in [6.45, 7) is 1.68. The number of carboxylic acid groups (broad SMARTS) is 1. The van der Waals surface area contributed by atoms with Crippen LogP contribution in [-0.2, 0) is 4.74 Å². The van der Waals surface area contributed by atoms with Crippen LogP contribution in [0.2, 0.25) is 0 Å². The van der Waals surface area contributed by atoms with Crippen LogP contribution in [0.1, 0.15) is 27.8 Å². The molecule has 2 rings (SSSR count). The van der Waals surface area contributed by atoms with Gasteiger partial charge in [-0.05, 0) is 19.1 Å². The number of carboxylic acids is 1. The molecule has 20 heavy (non-hydrogen) atoms. The summed E-state index contributed by atoms with van der Waals surface area (Å²) in [6, 6.07) is 5.70. The van der Waals surface area contributed by atoms with Crippen LogP contribution in [0.15, 0.2) is 30.5 Å². The van der Waals surface area contributed by atoms with E-state index in [1.54, 1.807) is 13.0 Å². The number of aromatic carboxylic acids is 1. The largest absolute Gasteiger partial charge is 0.478 e. The van der Waals surface area contributed by atoms with Crippen molar-refractivity contribution in [2.24, 2.45) is 0 Å². The standard InChI is InChI=1S/C13H11FN2O4/c1-2-20-13(19)11-8(12(17)18)7-16(15-11)10-6-4-3-5-9(10)14/h3-7H,2H2,1H3,(H,17,18). The number of ether oxygens (including phenoxy) is 1. The quantitative estimate of drug-likeness (QED) is 0.864. The minimum Gasteiger partial charge on any atom is -0.478 e. The fourth-order valence-corrected chi connectivity index (χ4v) is 1.64. The van der Waals surface area contributed by atoms with Gasteiger partial charge in [0.25, 0.3) is 0 Å². The smallest absolute Gasteiger partial charge is 0.359 e. The van der Waals surface area contributed by atoms with Crippen molar-refractivity contribution in [3.63, 3.8) is 0 Å². The third-order valence-corrected chi connectivity index (χ3v) is 2.51. The van der Waals surface area contributed by atoms with Crippen LogP contribution in [0.3, 0.4) is 0 Å². The molecule has 104 valence electrons. The minimum atomic E-state index is -1.34. The molecule has 0 radical (unpaired) electrons. The Morgan fingerprint density at radius 3 is 2.70 bits per heavy atom. The van der Waals surface area contributed by atoms with Crippen molar-refractivity contribution in [1.29, 1.82) is 0 Å². The zero-order valence-electron chi connectivity index (χ0n) is 10.5. The zero-order chi connectivity index (χ0) is 14.7. The highest BCUT2D eigenvalue weighted by Crippen LogP contribution is 2.16. The molecule has 0 aliphatic carbocycles. The van der Waals surface area contributed by atoms with Crippen LogP contribution in [0, 0.1) is 5.82 Å². The van der Waals surface area contributed by atoms with Crippen molar-refractivity contribution in [3.05, 3.63) is 47.5 Å². The minimum absolute atomic E-state index is 0.0468. The Kier molecular flexibility index (Phi) is 3.79. The molecule has 0 atom stereocenters. The third kappa shape index (κ3) is 2.51. The van der Waals surface area contributed by atoms with Gasteiger partial charge in [-0.25, -0.2) is 18.7 Å². The van der Waals surface area contributed by atoms with E-state index in [0.717, 1.165) is 10.9 Å². The molecule has 1 heterocycles. The van der Waals surface area contributed by atoms with E-state index in [2.05, 4.69) is 5.10 Å². The van der Waals surface area contributed by atoms with Gasteiger partial charge in [-0.1, -0.05) is 12.1 Å². The van der Waals surface area contributed by atoms with Crippen LogP contribution >= 0.6 is 0 Å². The summed E-state index contributed by atoms with van der Waals surface area (Å²) in [5.41, 5.74) is -0.653. The second-order valence-electron chi connectivity index (χ2n) is 3.81. The van der Waals surface area contributed by atoms with Crippen molar-refractivity contribution < 1.29 is 23.8 Å². The summed E-state index contributed by atoms with van der Waals surface area (Å²) < 4.78 is 19.4. The normalized spacial score (nSPS) is 10.3. The van der Waals surface area contributed by atoms with Crippen molar-refractivity contribution in [3.8, 4) is 5.69 Å². The maximum Gasteiger partial charge on any atom is 0.359 e. The first-order valence-electron chi connectivity index (χ1n) is 5.79. The Hall–Kier alpha value is -2.70. The Morgan fingerprint density at radius 2 is 2.10 bits per heavy atom. The maximum atomic E-state index is 13.6. The van der Waals surface area contributed by atoms with E-state index in [0.29, 0.717) is 0 Å². The molecule has 0 amide bonds. The molecule has 7 heteroatoms. The molecule has 0 aliphatic rings. The lowest BCUT2D eigenvalue weighted by Gasteiger charge is -2.01. The highest BCUT2D eigenvalue weighted by molar-refractivity contribution is 6.00. The van der Waals surface area contributed by atoms with E-state index in [-0.39, 0.29) is 23.6 Å². The molecule has 0 saturated heterocycles. The summed E-state index contributed by atoms with van der Waals surface area (Å²) in [5, 5.41) is 12.9. The second-order valence-corrected chi connectivity index (χ2v) is 3.81. The number of para-hydroxylation sites is 1. The number of benzene rings is 1. The Balaban J connectivity index is 2.53. The van der Waals surface area contributed by atoms with Gasteiger partial charge in [0.15, 0.2) is 5.69 Å². The van der Waals surface area contributed by atoms with Crippen molar-refractivity contribution >= 4 is 11.9 Å². The number of hydrogen-bond acceptors (Lipinski definition) is 4. The van der Waals surface area contributed by atoms with Gasteiger partial charge < -0.3 is 9.84 Å². The molecule has 0 bridgehead atoms. The summed E-state index contributed by atoms with van der Waals surface area (Å²) in [7, 11) is 0. The first kappa shape index (κ1) is 13.7. The van der Waals surface area contributed by atoms with Gasteiger partial charge in [0, 0.05) is 6.20 Å². The SMILES string of the molecule is CCOC(=O)c1nn(-c2ccccc2F)cc1C(=O)O. The Labute approximate surface area is 113 Å². The Bertz CT molecular complexity index is 666. The summed E-state index contributed by atoms with van der Waals surface area (Å²) in [5.74, 6) is -2.78. The van der Waals surface area contributed by atoms with Gasteiger partial charge in [-0.3, -0.25) is 0 Å². The van der Waals surface area contributed by atoms with Crippen LogP contribution in [0.4, 0.5) is 4.39 Å². The second kappa shape index (κ2) is 5.52. The van der Waals surface area contributed by atoms with Gasteiger partial charge >= 0.3 is 11.9 Å². The van der Waals surface area contributed by atoms with E-state index >= 15 is 0 Å². The van der Waals surface area contributed by atoms with Crippen LogP contribution in [0.25, 0.3) is 5.69 Å². The molecular weight excluding hydrogens is 267 g/mol. The van der Waals surface area contributed by atoms with Gasteiger partial charge in [0.05, 0.1) is 6.61 Å². The number of rotatable bonds is 4. The van der Waals surface area contributed by atoms with Crippen LogP contribution in [-0.4, -0.2) is 33.4 Å². The lowest BCUT2D eigenvalue weighted by molar-refractivity contribution is 0.0507. The molecule has 1 aromatic heterocycles. The van der Waals surface area contributed by atoms with Crippen molar-refractivity contribution in [1.82, 2.24) is 9.78 Å². The highest BCUT2D eigenvalue weighted by atomic mass is 19.1. The first-order chi connectivity index (χ1) is 9.54. The van der Waals surface area contributed by atoms with Crippen LogP contribution < -0.4 is 0 Å². The van der Waals surface area contributed by atoms with Crippen molar-refractivity contribution in [2.45, 2.75) is 6.92 Å². The average Bonchev–Trinajstić information content (AvgIpc) is 2.84. The van der Waals surface area contributed by atoms with E-state index in [1.165, 1.54) is 18.2 Å². The number of carbonyl (C=O) groups is 2. The zero-order valence-corrected chi connectivity index (χ0v) is 10.5. The van der Waals surface area contributed by atoms with Gasteiger partial charge in [-0.2, -0.15) is 5.10 Å². The highest BCUT2D eigenvalue weighted by Gasteiger charge is 2.23. The summed E-state index contributed by atoms with van der Waals surface area (Å²) in [6.07, 6.45) is 1.08. The molecule has 0 saturated carbocycles. The van der Waals surface area contributed by atoms with E-state index in [1.807, 2.05) is 0 Å². The number of carbonyl (C=O) groups excluding carboxylic acids is 1. The topological polar surface area (TPSA) is 81.4 Å². The predicted molar refractivity (Wildman–Crippen MR) is 66.4 cm³/mol. The van der Waals surface area contributed by atoms with E-state index < -0.39 is 17.8 Å². The van der Waals surface area contributed by atoms with E-state index in [9.17, 15) is 14.0 Å². The van der Waals surface area contributed by atoms with Gasteiger partial charge in [-0.15, -0.1) is 0 Å². The summed E-state index contributed by atoms with van der Waals surface area (Å²) in [4.78, 5) is 22.7. The maximum absolute atomic E-state index is 13.6. The Morgan fingerprint density at radius 1 is 1.40 bits per heavy atom. The molecule has 1 aromatic carbocycles. The van der Waals surface area contributed by atoms with E-state index in [4.69, 9.17) is 9.84 Å². The fourth-order valence-electron chi connectivity index (χ4n) is 1.64. The monoisotopic (exact) mass is 278 g/mol. The lowest BCUT2D eigenvalue weighted by atomic mass is 10.2. The number of esters is 1. The molecule has 0 spiro atoms. The molecule has 0 fully saturated rings. The van der Waals surface area contributed by atoms with Gasteiger partial charge in [0.1, 0.15) is 17.1 Å². The number of nitrogens with zero attached hydrogens (tertiary/aromatic N) is 2. The average molecular weight is 278 g/mol. The number of hydrogen-bond donors (Lipinski definition) is 1. The first-order valence-corrected chi connectivity index (χ1v) is 5.79. The molecule has 1 N–H and O–H groups in total. The number of aromatic nitrogens is 2. The number of halogens is 1. The molecule has 0 aliphatic heterocycles. The fraction of sp³-hybridized carbons (Fsp3) is 0.154. The molecule has 0 unspecified atom stereocenters. The molecular formula is C13H11FN2O4.